The molecular weight excluding hydrogens is 344 g/mol. The molecule has 0 N–H and O–H groups in total. The van der Waals surface area contributed by atoms with Gasteiger partial charge in [0.25, 0.3) is 5.82 Å². The van der Waals surface area contributed by atoms with Crippen LogP contribution < -0.4 is 4.57 Å². The van der Waals surface area contributed by atoms with Crippen molar-refractivity contribution in [2.24, 2.45) is 0 Å². The van der Waals surface area contributed by atoms with E-state index in [1.165, 1.54) is 22.6 Å². The zero-order valence-electron chi connectivity index (χ0n) is 16.1. The molecule has 0 aliphatic carbocycles. The first-order valence-corrected chi connectivity index (χ1v) is 9.90. The van der Waals surface area contributed by atoms with Gasteiger partial charge in [0.05, 0.1) is 13.0 Å². The topological polar surface area (TPSA) is 25.9 Å². The Bertz CT molecular complexity index is 1180. The highest BCUT2D eigenvalue weighted by atomic mass is 16.1. The Kier molecular flexibility index (Phi) is 4.09. The molecule has 1 aliphatic heterocycles. The molecule has 0 radical (unpaired) electrons. The van der Waals surface area contributed by atoms with Crippen molar-refractivity contribution in [2.75, 3.05) is 0 Å². The number of rotatable bonds is 4. The fraction of sp³-hybridized carbons (Fsp3) is 0.200. The van der Waals surface area contributed by atoms with E-state index in [0.29, 0.717) is 6.54 Å². The lowest BCUT2D eigenvalue weighted by Crippen LogP contribution is -2.40. The van der Waals surface area contributed by atoms with Crippen LogP contribution in [0.1, 0.15) is 28.2 Å². The second-order valence-corrected chi connectivity index (χ2v) is 7.63. The van der Waals surface area contributed by atoms with E-state index in [1.807, 2.05) is 30.3 Å². The van der Waals surface area contributed by atoms with Gasteiger partial charge in [-0.2, -0.15) is 0 Å². The van der Waals surface area contributed by atoms with Crippen LogP contribution in [0.15, 0.2) is 72.9 Å². The molecule has 0 saturated carbocycles. The number of carbonyl (C=O) groups excluding carboxylic acids is 1. The number of hydrogen-bond donors (Lipinski definition) is 0. The number of benzene rings is 3. The average Bonchev–Trinajstić information content (AvgIpc) is 3.32. The maximum absolute atomic E-state index is 13.2. The molecule has 0 atom stereocenters. The van der Waals surface area contributed by atoms with Gasteiger partial charge in [0, 0.05) is 11.1 Å². The Morgan fingerprint density at radius 3 is 2.64 bits per heavy atom. The van der Waals surface area contributed by atoms with Crippen molar-refractivity contribution < 1.29 is 9.36 Å². The summed E-state index contributed by atoms with van der Waals surface area (Å²) in [4.78, 5) is 13.2. The summed E-state index contributed by atoms with van der Waals surface area (Å²) in [6.07, 6.45) is 4.31. The van der Waals surface area contributed by atoms with Crippen molar-refractivity contribution in [3.05, 3.63) is 89.9 Å². The van der Waals surface area contributed by atoms with Crippen molar-refractivity contribution in [1.82, 2.24) is 4.57 Å². The molecule has 1 aromatic heterocycles. The molecule has 0 spiro atoms. The van der Waals surface area contributed by atoms with Gasteiger partial charge in [-0.1, -0.05) is 72.3 Å². The lowest BCUT2D eigenvalue weighted by Gasteiger charge is -2.05. The highest BCUT2D eigenvalue weighted by Gasteiger charge is 2.30. The molecule has 4 aromatic rings. The molecule has 3 heteroatoms. The maximum Gasteiger partial charge on any atom is 0.257 e. The number of aromatic nitrogens is 2. The SMILES string of the molecule is Cc1ccc(-c2c[n+](CC(=O)c3cccc4ccccc34)c3n2CCC3)cc1. The molecular formula is C25H23N2O+. The minimum Gasteiger partial charge on any atom is -0.290 e. The van der Waals surface area contributed by atoms with E-state index in [2.05, 4.69) is 58.7 Å². The summed E-state index contributed by atoms with van der Waals surface area (Å²) in [6, 6.07) is 22.7. The molecule has 3 aromatic carbocycles. The van der Waals surface area contributed by atoms with Gasteiger partial charge in [0.2, 0.25) is 5.78 Å². The van der Waals surface area contributed by atoms with Crippen LogP contribution in [0.2, 0.25) is 0 Å². The predicted molar refractivity (Wildman–Crippen MR) is 111 cm³/mol. The van der Waals surface area contributed by atoms with Gasteiger partial charge in [-0.25, -0.2) is 9.13 Å². The Labute approximate surface area is 164 Å². The first-order chi connectivity index (χ1) is 13.7. The van der Waals surface area contributed by atoms with Crippen LogP contribution in [0.5, 0.6) is 0 Å². The zero-order chi connectivity index (χ0) is 19.1. The molecule has 0 fully saturated rings. The van der Waals surface area contributed by atoms with E-state index in [4.69, 9.17) is 0 Å². The third kappa shape index (κ3) is 2.84. The highest BCUT2D eigenvalue weighted by Crippen LogP contribution is 2.25. The fourth-order valence-corrected chi connectivity index (χ4v) is 4.31. The molecule has 3 nitrogen and oxygen atoms in total. The summed E-state index contributed by atoms with van der Waals surface area (Å²) < 4.78 is 4.54. The van der Waals surface area contributed by atoms with Crippen LogP contribution in [0.3, 0.4) is 0 Å². The van der Waals surface area contributed by atoms with Crippen molar-refractivity contribution in [1.29, 1.82) is 0 Å². The minimum absolute atomic E-state index is 0.164. The molecule has 0 bridgehead atoms. The third-order valence-electron chi connectivity index (χ3n) is 5.75. The minimum atomic E-state index is 0.164. The smallest absolute Gasteiger partial charge is 0.257 e. The van der Waals surface area contributed by atoms with Crippen molar-refractivity contribution in [2.45, 2.75) is 32.9 Å². The largest absolute Gasteiger partial charge is 0.290 e. The third-order valence-corrected chi connectivity index (χ3v) is 5.75. The fourth-order valence-electron chi connectivity index (χ4n) is 4.31. The number of nitrogens with zero attached hydrogens (tertiary/aromatic N) is 2. The summed E-state index contributed by atoms with van der Waals surface area (Å²) >= 11 is 0. The lowest BCUT2D eigenvalue weighted by atomic mass is 10.0. The Morgan fingerprint density at radius 1 is 1.00 bits per heavy atom. The number of imidazole rings is 1. The number of fused-ring (bicyclic) bond motifs is 2. The Morgan fingerprint density at radius 2 is 1.79 bits per heavy atom. The van der Waals surface area contributed by atoms with Gasteiger partial charge < -0.3 is 0 Å². The van der Waals surface area contributed by atoms with Crippen molar-refractivity contribution >= 4 is 16.6 Å². The second-order valence-electron chi connectivity index (χ2n) is 7.63. The zero-order valence-corrected chi connectivity index (χ0v) is 16.1. The molecule has 28 heavy (non-hydrogen) atoms. The van der Waals surface area contributed by atoms with Gasteiger partial charge in [-0.3, -0.25) is 4.79 Å². The summed E-state index contributed by atoms with van der Waals surface area (Å²) in [5, 5.41) is 2.14. The monoisotopic (exact) mass is 367 g/mol. The standard InChI is InChI=1S/C25H23N2O/c1-18-11-13-20(14-12-18)23-16-26(25-10-5-15-27(23)25)17-24(28)22-9-4-7-19-6-2-3-8-21(19)22/h2-4,6-9,11-14,16H,5,10,15,17H2,1H3/q+1. The van der Waals surface area contributed by atoms with Crippen LogP contribution in [0.4, 0.5) is 0 Å². The van der Waals surface area contributed by atoms with Gasteiger partial charge in [-0.05, 0) is 24.1 Å². The van der Waals surface area contributed by atoms with E-state index in [0.717, 1.165) is 35.7 Å². The van der Waals surface area contributed by atoms with Crippen molar-refractivity contribution in [3.8, 4) is 11.3 Å². The van der Waals surface area contributed by atoms with Crippen LogP contribution >= 0.6 is 0 Å². The number of aryl methyl sites for hydroxylation is 1. The lowest BCUT2D eigenvalue weighted by molar-refractivity contribution is -0.689. The van der Waals surface area contributed by atoms with E-state index in [-0.39, 0.29) is 5.78 Å². The maximum atomic E-state index is 13.2. The van der Waals surface area contributed by atoms with Crippen LogP contribution in [0, 0.1) is 6.92 Å². The van der Waals surface area contributed by atoms with Crippen LogP contribution in [0.25, 0.3) is 22.0 Å². The molecule has 0 amide bonds. The van der Waals surface area contributed by atoms with Gasteiger partial charge in [0.15, 0.2) is 12.2 Å². The van der Waals surface area contributed by atoms with Crippen LogP contribution in [-0.4, -0.2) is 10.4 Å². The number of ketones is 1. The number of hydrogen-bond acceptors (Lipinski definition) is 1. The first kappa shape index (κ1) is 16.9. The molecule has 2 heterocycles. The van der Waals surface area contributed by atoms with E-state index >= 15 is 0 Å². The van der Waals surface area contributed by atoms with Crippen molar-refractivity contribution in [3.63, 3.8) is 0 Å². The van der Waals surface area contributed by atoms with Gasteiger partial charge in [-0.15, -0.1) is 0 Å². The highest BCUT2D eigenvalue weighted by molar-refractivity contribution is 6.07. The molecule has 1 aliphatic rings. The van der Waals surface area contributed by atoms with Gasteiger partial charge in [0.1, 0.15) is 6.20 Å². The Hall–Kier alpha value is -3.20. The predicted octanol–water partition coefficient (Wildman–Crippen LogP) is 4.73. The van der Waals surface area contributed by atoms with Gasteiger partial charge >= 0.3 is 0 Å². The van der Waals surface area contributed by atoms with E-state index in [9.17, 15) is 4.79 Å². The number of Topliss-reactive ketones (excluding diaryl/α,β-unsaturated/α-hetero) is 1. The molecule has 0 unspecified atom stereocenters. The van der Waals surface area contributed by atoms with Crippen LogP contribution in [-0.2, 0) is 19.5 Å². The first-order valence-electron chi connectivity index (χ1n) is 9.90. The second kappa shape index (κ2) is 6.75. The van der Waals surface area contributed by atoms with E-state index < -0.39 is 0 Å². The number of carbonyl (C=O) groups is 1. The summed E-state index contributed by atoms with van der Waals surface area (Å²) in [5.41, 5.74) is 4.49. The quantitative estimate of drug-likeness (QED) is 0.378. The summed E-state index contributed by atoms with van der Waals surface area (Å²) in [5.74, 6) is 1.42. The Balaban J connectivity index is 1.53. The average molecular weight is 367 g/mol. The van der Waals surface area contributed by atoms with E-state index in [1.54, 1.807) is 0 Å². The molecule has 5 rings (SSSR count). The summed E-state index contributed by atoms with van der Waals surface area (Å²) in [6.45, 7) is 3.51. The summed E-state index contributed by atoms with van der Waals surface area (Å²) in [7, 11) is 0. The molecule has 0 saturated heterocycles. The normalized spacial score (nSPS) is 13.0. The molecule has 138 valence electrons.